The Morgan fingerprint density at radius 3 is 2.08 bits per heavy atom. The van der Waals surface area contributed by atoms with Crippen LogP contribution < -0.4 is 9.62 Å². The Bertz CT molecular complexity index is 1250. The third kappa shape index (κ3) is 8.79. The average molecular weight is 582 g/mol. The number of amides is 2. The molecule has 37 heavy (non-hydrogen) atoms. The van der Waals surface area contributed by atoms with Crippen LogP contribution in [0.25, 0.3) is 0 Å². The van der Waals surface area contributed by atoms with E-state index in [4.69, 9.17) is 23.2 Å². The Hall–Kier alpha value is -2.50. The number of rotatable bonds is 8. The second-order valence-corrected chi connectivity index (χ2v) is 12.2. The number of hydrogen-bond acceptors (Lipinski definition) is 4. The minimum Gasteiger partial charge on any atom is -0.350 e. The van der Waals surface area contributed by atoms with Crippen molar-refractivity contribution in [2.45, 2.75) is 52.0 Å². The van der Waals surface area contributed by atoms with Gasteiger partial charge in [0.25, 0.3) is 0 Å². The fourth-order valence-corrected chi connectivity index (χ4v) is 4.57. The van der Waals surface area contributed by atoms with Gasteiger partial charge in [-0.2, -0.15) is 13.2 Å². The van der Waals surface area contributed by atoms with Crippen molar-refractivity contribution in [3.05, 3.63) is 63.6 Å². The summed E-state index contributed by atoms with van der Waals surface area (Å²) >= 11 is 12.0. The normalized spacial score (nSPS) is 13.1. The van der Waals surface area contributed by atoms with Gasteiger partial charge in [-0.25, -0.2) is 8.42 Å². The molecule has 0 bridgehead atoms. The van der Waals surface area contributed by atoms with Crippen molar-refractivity contribution in [1.29, 1.82) is 0 Å². The van der Waals surface area contributed by atoms with Crippen LogP contribution in [0.5, 0.6) is 0 Å². The first-order chi connectivity index (χ1) is 16.8. The summed E-state index contributed by atoms with van der Waals surface area (Å²) in [7, 11) is -4.27. The second kappa shape index (κ2) is 11.5. The maximum absolute atomic E-state index is 13.5. The molecular formula is C24H28Cl2F3N3O4S. The molecule has 7 nitrogen and oxygen atoms in total. The molecule has 0 saturated heterocycles. The molecule has 0 spiro atoms. The van der Waals surface area contributed by atoms with Gasteiger partial charge >= 0.3 is 6.18 Å². The summed E-state index contributed by atoms with van der Waals surface area (Å²) in [4.78, 5) is 27.5. The highest BCUT2D eigenvalue weighted by Crippen LogP contribution is 2.36. The molecule has 0 heterocycles. The van der Waals surface area contributed by atoms with E-state index in [0.29, 0.717) is 27.0 Å². The van der Waals surface area contributed by atoms with E-state index in [0.717, 1.165) is 17.2 Å². The van der Waals surface area contributed by atoms with E-state index in [-0.39, 0.29) is 11.6 Å². The quantitative estimate of drug-likeness (QED) is 0.469. The first kappa shape index (κ1) is 30.7. The molecule has 0 aliphatic rings. The Morgan fingerprint density at radius 1 is 1.03 bits per heavy atom. The van der Waals surface area contributed by atoms with Crippen LogP contribution >= 0.6 is 23.2 Å². The van der Waals surface area contributed by atoms with E-state index in [1.807, 2.05) is 0 Å². The molecule has 0 saturated carbocycles. The van der Waals surface area contributed by atoms with Crippen molar-refractivity contribution < 1.29 is 31.2 Å². The molecule has 1 N–H and O–H groups in total. The van der Waals surface area contributed by atoms with Crippen molar-refractivity contribution in [3.63, 3.8) is 0 Å². The molecule has 1 unspecified atom stereocenters. The highest BCUT2D eigenvalue weighted by Gasteiger charge is 2.35. The summed E-state index contributed by atoms with van der Waals surface area (Å²) < 4.78 is 65.7. The number of carbonyl (C=O) groups is 2. The highest BCUT2D eigenvalue weighted by molar-refractivity contribution is 7.92. The molecule has 0 aliphatic heterocycles. The minimum absolute atomic E-state index is 0.0946. The molecule has 0 aliphatic carbocycles. The Labute approximate surface area is 224 Å². The Balaban J connectivity index is 2.51. The van der Waals surface area contributed by atoms with Gasteiger partial charge in [0, 0.05) is 17.1 Å². The molecule has 204 valence electrons. The van der Waals surface area contributed by atoms with Gasteiger partial charge in [-0.1, -0.05) is 35.3 Å². The first-order valence-corrected chi connectivity index (χ1v) is 13.6. The van der Waals surface area contributed by atoms with Crippen LogP contribution in [0.1, 0.15) is 38.8 Å². The van der Waals surface area contributed by atoms with Crippen LogP contribution in [0.4, 0.5) is 18.9 Å². The predicted molar refractivity (Wildman–Crippen MR) is 138 cm³/mol. The van der Waals surface area contributed by atoms with E-state index in [1.165, 1.54) is 6.92 Å². The number of nitrogens with zero attached hydrogens (tertiary/aromatic N) is 2. The minimum atomic E-state index is -4.77. The summed E-state index contributed by atoms with van der Waals surface area (Å²) in [5.74, 6) is -1.33. The van der Waals surface area contributed by atoms with E-state index >= 15 is 0 Å². The van der Waals surface area contributed by atoms with Gasteiger partial charge < -0.3 is 10.2 Å². The molecule has 0 radical (unpaired) electrons. The molecule has 0 aromatic heterocycles. The predicted octanol–water partition coefficient (Wildman–Crippen LogP) is 5.11. The molecule has 2 rings (SSSR count). The van der Waals surface area contributed by atoms with Crippen molar-refractivity contribution in [2.24, 2.45) is 0 Å². The Morgan fingerprint density at radius 2 is 1.59 bits per heavy atom. The van der Waals surface area contributed by atoms with Gasteiger partial charge in [0.05, 0.1) is 22.5 Å². The summed E-state index contributed by atoms with van der Waals surface area (Å²) in [6, 6.07) is 7.57. The Kier molecular flexibility index (Phi) is 9.54. The monoisotopic (exact) mass is 581 g/mol. The lowest BCUT2D eigenvalue weighted by Gasteiger charge is -2.33. The summed E-state index contributed by atoms with van der Waals surface area (Å²) in [6.45, 7) is 5.75. The zero-order chi connectivity index (χ0) is 28.3. The number of nitrogens with one attached hydrogen (secondary N) is 1. The first-order valence-electron chi connectivity index (χ1n) is 11.0. The van der Waals surface area contributed by atoms with Crippen molar-refractivity contribution in [2.75, 3.05) is 17.1 Å². The molecule has 2 amide bonds. The molecular weight excluding hydrogens is 554 g/mol. The van der Waals surface area contributed by atoms with Crippen LogP contribution in [0, 0.1) is 0 Å². The van der Waals surface area contributed by atoms with Gasteiger partial charge in [-0.15, -0.1) is 0 Å². The number of halogens is 5. The zero-order valence-corrected chi connectivity index (χ0v) is 23.2. The largest absolute Gasteiger partial charge is 0.416 e. The van der Waals surface area contributed by atoms with Crippen molar-refractivity contribution in [1.82, 2.24) is 10.2 Å². The van der Waals surface area contributed by atoms with Gasteiger partial charge in [0.2, 0.25) is 21.8 Å². The molecule has 1 atom stereocenters. The molecule has 0 fully saturated rings. The fraction of sp³-hybridized carbons (Fsp3) is 0.417. The number of benzene rings is 2. The molecule has 2 aromatic rings. The van der Waals surface area contributed by atoms with Crippen LogP contribution in [-0.4, -0.2) is 49.5 Å². The number of alkyl halides is 3. The maximum atomic E-state index is 13.5. The van der Waals surface area contributed by atoms with Crippen LogP contribution in [0.15, 0.2) is 42.5 Å². The van der Waals surface area contributed by atoms with E-state index in [9.17, 15) is 31.2 Å². The lowest BCUT2D eigenvalue weighted by atomic mass is 10.1. The van der Waals surface area contributed by atoms with Crippen LogP contribution in [-0.2, 0) is 32.3 Å². The molecule has 2 aromatic carbocycles. The maximum Gasteiger partial charge on any atom is 0.416 e. The van der Waals surface area contributed by atoms with Crippen LogP contribution in [0.3, 0.4) is 0 Å². The van der Waals surface area contributed by atoms with Gasteiger partial charge in [-0.05, 0) is 63.6 Å². The molecule has 13 heteroatoms. The fourth-order valence-electron chi connectivity index (χ4n) is 3.32. The van der Waals surface area contributed by atoms with E-state index in [1.54, 1.807) is 45.0 Å². The van der Waals surface area contributed by atoms with E-state index < -0.39 is 57.4 Å². The second-order valence-electron chi connectivity index (χ2n) is 9.50. The lowest BCUT2D eigenvalue weighted by Crippen LogP contribution is -2.54. The standard InChI is InChI=1S/C24H28Cl2F3N3O4S/c1-15(22(34)30-23(2,3)4)31(13-16-6-9-18(25)10-7-16)21(33)14-32(37(5,35)36)20-12-17(24(27,28)29)8-11-19(20)26/h6-12,15H,13-14H2,1-5H3,(H,30,34). The topological polar surface area (TPSA) is 86.8 Å². The average Bonchev–Trinajstić information content (AvgIpc) is 2.74. The van der Waals surface area contributed by atoms with Crippen molar-refractivity contribution >= 4 is 50.7 Å². The summed E-state index contributed by atoms with van der Waals surface area (Å²) in [5.41, 5.74) is -1.67. The SMILES string of the molecule is CC(C(=O)NC(C)(C)C)N(Cc1ccc(Cl)cc1)C(=O)CN(c1cc(C(F)(F)F)ccc1Cl)S(C)(=O)=O. The van der Waals surface area contributed by atoms with E-state index in [2.05, 4.69) is 5.32 Å². The summed E-state index contributed by atoms with van der Waals surface area (Å²) in [5, 5.41) is 2.92. The highest BCUT2D eigenvalue weighted by atomic mass is 35.5. The lowest BCUT2D eigenvalue weighted by molar-refractivity contribution is -0.140. The van der Waals surface area contributed by atoms with Crippen molar-refractivity contribution in [3.8, 4) is 0 Å². The number of carbonyl (C=O) groups excluding carboxylic acids is 2. The van der Waals surface area contributed by atoms with Gasteiger partial charge in [-0.3, -0.25) is 13.9 Å². The van der Waals surface area contributed by atoms with Gasteiger partial charge in [0.1, 0.15) is 12.6 Å². The van der Waals surface area contributed by atoms with Gasteiger partial charge in [0.15, 0.2) is 0 Å². The third-order valence-electron chi connectivity index (χ3n) is 5.15. The van der Waals surface area contributed by atoms with Crippen LogP contribution in [0.2, 0.25) is 10.0 Å². The number of hydrogen-bond donors (Lipinski definition) is 1. The third-order valence-corrected chi connectivity index (χ3v) is 6.85. The zero-order valence-electron chi connectivity index (χ0n) is 20.9. The number of sulfonamides is 1. The summed E-state index contributed by atoms with van der Waals surface area (Å²) in [6.07, 6.45) is -4.02. The smallest absolute Gasteiger partial charge is 0.350 e. The number of anilines is 1.